The molecule has 0 spiro atoms. The molecule has 2 aliphatic rings. The highest BCUT2D eigenvalue weighted by molar-refractivity contribution is 5.80. The molecule has 34 heavy (non-hydrogen) atoms. The number of carbonyl (C=O) groups excluding carboxylic acids is 2. The van der Waals surface area contributed by atoms with Gasteiger partial charge in [0.05, 0.1) is 24.0 Å². The maximum atomic E-state index is 12.9. The number of hydrogen-bond acceptors (Lipinski definition) is 4. The van der Waals surface area contributed by atoms with E-state index in [2.05, 4.69) is 27.7 Å². The van der Waals surface area contributed by atoms with E-state index in [0.717, 1.165) is 24.0 Å². The van der Waals surface area contributed by atoms with E-state index in [1.807, 2.05) is 34.1 Å². The fourth-order valence-corrected chi connectivity index (χ4v) is 5.70. The molecule has 1 aromatic carbocycles. The topological polar surface area (TPSA) is 81.1 Å². The summed E-state index contributed by atoms with van der Waals surface area (Å²) in [6, 6.07) is 7.77. The van der Waals surface area contributed by atoms with Gasteiger partial charge in [0, 0.05) is 26.2 Å². The van der Waals surface area contributed by atoms with E-state index < -0.39 is 11.2 Å². The number of rotatable bonds is 8. The van der Waals surface area contributed by atoms with Crippen molar-refractivity contribution in [2.75, 3.05) is 26.2 Å². The number of aliphatic hydroxyl groups is 2. The summed E-state index contributed by atoms with van der Waals surface area (Å²) in [5.41, 5.74) is 0.542. The Bertz CT molecular complexity index is 769. The zero-order valence-corrected chi connectivity index (χ0v) is 21.6. The number of likely N-dealkylation sites (tertiary alicyclic amines) is 2. The standard InChI is InChI=1S/C28H44N2O4/c1-21(2)19-27(33)8-12-29(13-9-27)25(31)17-23-6-5-7-24(16-23)18-26(32)30-14-10-28(34,11-15-30)20-22(3)4/h5-7,16,21-22,33-34H,8-15,17-20H2,1-4H3. The molecule has 2 saturated heterocycles. The van der Waals surface area contributed by atoms with E-state index in [4.69, 9.17) is 0 Å². The van der Waals surface area contributed by atoms with Gasteiger partial charge in [-0.25, -0.2) is 0 Å². The summed E-state index contributed by atoms with van der Waals surface area (Å²) >= 11 is 0. The number of hydrogen-bond donors (Lipinski definition) is 2. The Morgan fingerprint density at radius 2 is 1.12 bits per heavy atom. The van der Waals surface area contributed by atoms with Crippen molar-refractivity contribution in [2.24, 2.45) is 11.8 Å². The summed E-state index contributed by atoms with van der Waals surface area (Å²) in [5, 5.41) is 21.5. The molecule has 0 saturated carbocycles. The Morgan fingerprint density at radius 3 is 1.44 bits per heavy atom. The second kappa shape index (κ2) is 11.2. The summed E-state index contributed by atoms with van der Waals surface area (Å²) in [7, 11) is 0. The normalized spacial score (nSPS) is 20.1. The van der Waals surface area contributed by atoms with Crippen molar-refractivity contribution in [1.82, 2.24) is 9.80 Å². The van der Waals surface area contributed by atoms with Gasteiger partial charge >= 0.3 is 0 Å². The van der Waals surface area contributed by atoms with Gasteiger partial charge < -0.3 is 20.0 Å². The third kappa shape index (κ3) is 7.54. The van der Waals surface area contributed by atoms with Crippen LogP contribution in [0.3, 0.4) is 0 Å². The van der Waals surface area contributed by atoms with Crippen LogP contribution in [0.25, 0.3) is 0 Å². The van der Waals surface area contributed by atoms with Crippen LogP contribution in [-0.2, 0) is 22.4 Å². The van der Waals surface area contributed by atoms with Gasteiger partial charge in [-0.2, -0.15) is 0 Å². The van der Waals surface area contributed by atoms with Crippen molar-refractivity contribution < 1.29 is 19.8 Å². The van der Waals surface area contributed by atoms with E-state index >= 15 is 0 Å². The number of carbonyl (C=O) groups is 2. The van der Waals surface area contributed by atoms with Gasteiger partial charge in [0.25, 0.3) is 0 Å². The highest BCUT2D eigenvalue weighted by Gasteiger charge is 2.35. The second-order valence-corrected chi connectivity index (χ2v) is 11.6. The largest absolute Gasteiger partial charge is 0.390 e. The lowest BCUT2D eigenvalue weighted by Gasteiger charge is -2.39. The first kappa shape index (κ1) is 26.7. The minimum absolute atomic E-state index is 0.0792. The molecular weight excluding hydrogens is 428 g/mol. The summed E-state index contributed by atoms with van der Waals surface area (Å²) in [5.74, 6) is 1.04. The van der Waals surface area contributed by atoms with Gasteiger partial charge in [-0.3, -0.25) is 9.59 Å². The molecular formula is C28H44N2O4. The molecule has 190 valence electrons. The van der Waals surface area contributed by atoms with Crippen LogP contribution in [0.4, 0.5) is 0 Å². The average molecular weight is 473 g/mol. The van der Waals surface area contributed by atoms with Crippen molar-refractivity contribution in [1.29, 1.82) is 0 Å². The van der Waals surface area contributed by atoms with E-state index in [9.17, 15) is 19.8 Å². The lowest BCUT2D eigenvalue weighted by molar-refractivity contribution is -0.136. The number of piperidine rings is 2. The minimum Gasteiger partial charge on any atom is -0.390 e. The zero-order chi connectivity index (χ0) is 24.9. The van der Waals surface area contributed by atoms with E-state index in [1.165, 1.54) is 0 Å². The van der Waals surface area contributed by atoms with Gasteiger partial charge in [0.2, 0.25) is 11.8 Å². The van der Waals surface area contributed by atoms with E-state index in [1.54, 1.807) is 0 Å². The minimum atomic E-state index is -0.649. The predicted octanol–water partition coefficient (Wildman–Crippen LogP) is 3.57. The molecule has 0 aromatic heterocycles. The molecule has 2 heterocycles. The molecule has 0 unspecified atom stereocenters. The summed E-state index contributed by atoms with van der Waals surface area (Å²) in [6.45, 7) is 10.8. The smallest absolute Gasteiger partial charge is 0.226 e. The van der Waals surface area contributed by atoms with Gasteiger partial charge in [0.15, 0.2) is 0 Å². The van der Waals surface area contributed by atoms with Crippen LogP contribution < -0.4 is 0 Å². The van der Waals surface area contributed by atoms with Crippen LogP contribution in [0.2, 0.25) is 0 Å². The van der Waals surface area contributed by atoms with Crippen molar-refractivity contribution >= 4 is 11.8 Å². The third-order valence-corrected chi connectivity index (χ3v) is 7.37. The zero-order valence-electron chi connectivity index (χ0n) is 21.6. The first-order chi connectivity index (χ1) is 16.0. The first-order valence-electron chi connectivity index (χ1n) is 13.1. The van der Waals surface area contributed by atoms with Crippen molar-refractivity contribution in [3.63, 3.8) is 0 Å². The molecule has 2 fully saturated rings. The molecule has 2 amide bonds. The number of nitrogens with zero attached hydrogens (tertiary/aromatic N) is 2. The Morgan fingerprint density at radius 1 is 0.765 bits per heavy atom. The van der Waals surface area contributed by atoms with E-state index in [0.29, 0.717) is 76.5 Å². The fraction of sp³-hybridized carbons (Fsp3) is 0.714. The number of amides is 2. The van der Waals surface area contributed by atoms with Crippen LogP contribution in [0.15, 0.2) is 24.3 Å². The van der Waals surface area contributed by atoms with Gasteiger partial charge in [0.1, 0.15) is 0 Å². The summed E-state index contributed by atoms with van der Waals surface area (Å²) in [4.78, 5) is 29.4. The van der Waals surface area contributed by atoms with Crippen LogP contribution >= 0.6 is 0 Å². The Balaban J connectivity index is 1.49. The predicted molar refractivity (Wildman–Crippen MR) is 134 cm³/mol. The van der Waals surface area contributed by atoms with Crippen LogP contribution in [0.1, 0.15) is 77.3 Å². The Hall–Kier alpha value is -1.92. The Labute approximate surface area is 205 Å². The first-order valence-corrected chi connectivity index (χ1v) is 13.1. The maximum absolute atomic E-state index is 12.9. The molecule has 6 heteroatoms. The lowest BCUT2D eigenvalue weighted by atomic mass is 9.84. The van der Waals surface area contributed by atoms with Crippen molar-refractivity contribution in [3.8, 4) is 0 Å². The van der Waals surface area contributed by atoms with Gasteiger partial charge in [-0.15, -0.1) is 0 Å². The lowest BCUT2D eigenvalue weighted by Crippen LogP contribution is -2.47. The van der Waals surface area contributed by atoms with Crippen LogP contribution in [0, 0.1) is 11.8 Å². The third-order valence-electron chi connectivity index (χ3n) is 7.37. The molecule has 2 N–H and O–H groups in total. The molecule has 0 bridgehead atoms. The van der Waals surface area contributed by atoms with Gasteiger partial charge in [-0.05, 0) is 61.5 Å². The highest BCUT2D eigenvalue weighted by Crippen LogP contribution is 2.30. The molecule has 2 aliphatic heterocycles. The van der Waals surface area contributed by atoms with Crippen LogP contribution in [-0.4, -0.2) is 69.2 Å². The maximum Gasteiger partial charge on any atom is 0.226 e. The average Bonchev–Trinajstić information content (AvgIpc) is 2.73. The molecule has 0 radical (unpaired) electrons. The molecule has 3 rings (SSSR count). The quantitative estimate of drug-likeness (QED) is 0.606. The molecule has 0 atom stereocenters. The van der Waals surface area contributed by atoms with Crippen molar-refractivity contribution in [3.05, 3.63) is 35.4 Å². The fourth-order valence-electron chi connectivity index (χ4n) is 5.70. The van der Waals surface area contributed by atoms with E-state index in [-0.39, 0.29) is 11.8 Å². The second-order valence-electron chi connectivity index (χ2n) is 11.6. The molecule has 6 nitrogen and oxygen atoms in total. The summed E-state index contributed by atoms with van der Waals surface area (Å²) < 4.78 is 0. The molecule has 0 aliphatic carbocycles. The summed E-state index contributed by atoms with van der Waals surface area (Å²) in [6.07, 6.45) is 4.72. The highest BCUT2D eigenvalue weighted by atomic mass is 16.3. The number of benzene rings is 1. The van der Waals surface area contributed by atoms with Gasteiger partial charge in [-0.1, -0.05) is 52.0 Å². The monoisotopic (exact) mass is 472 g/mol. The Kier molecular flexibility index (Phi) is 8.80. The van der Waals surface area contributed by atoms with Crippen LogP contribution in [0.5, 0.6) is 0 Å². The SMILES string of the molecule is CC(C)CC1(O)CCN(C(=O)Cc2cccc(CC(=O)N3CCC(O)(CC(C)C)CC3)c2)CC1. The molecule has 1 aromatic rings. The van der Waals surface area contributed by atoms with Crippen molar-refractivity contribution in [2.45, 2.75) is 90.3 Å².